The van der Waals surface area contributed by atoms with Gasteiger partial charge in [0.1, 0.15) is 11.6 Å². The molecule has 1 N–H and O–H groups in total. The van der Waals surface area contributed by atoms with Gasteiger partial charge in [-0.3, -0.25) is 9.59 Å². The minimum Gasteiger partial charge on any atom is -0.455 e. The Bertz CT molecular complexity index is 796. The third-order valence-corrected chi connectivity index (χ3v) is 4.37. The van der Waals surface area contributed by atoms with Crippen LogP contribution in [-0.4, -0.2) is 24.2 Å². The lowest BCUT2D eigenvalue weighted by molar-refractivity contribution is -0.144. The molecule has 0 unspecified atom stereocenters. The third kappa shape index (κ3) is 5.86. The van der Waals surface area contributed by atoms with Gasteiger partial charge in [0.25, 0.3) is 5.91 Å². The highest BCUT2D eigenvalue weighted by Crippen LogP contribution is 2.21. The highest BCUT2D eigenvalue weighted by atomic mass is 32.2. The van der Waals surface area contributed by atoms with Gasteiger partial charge < -0.3 is 10.1 Å². The monoisotopic (exact) mass is 365 g/mol. The van der Waals surface area contributed by atoms with Gasteiger partial charge in [0, 0.05) is 11.0 Å². The molecule has 0 saturated heterocycles. The second-order valence-electron chi connectivity index (χ2n) is 5.37. The molecule has 2 aromatic rings. The summed E-state index contributed by atoms with van der Waals surface area (Å²) in [5, 5.41) is 2.22. The van der Waals surface area contributed by atoms with E-state index in [0.717, 1.165) is 28.2 Å². The smallest absolute Gasteiger partial charge is 0.316 e. The maximum atomic E-state index is 13.4. The van der Waals surface area contributed by atoms with Crippen LogP contribution in [-0.2, 0) is 14.3 Å². The van der Waals surface area contributed by atoms with Crippen LogP contribution in [0.3, 0.4) is 0 Å². The zero-order valence-corrected chi connectivity index (χ0v) is 14.6. The summed E-state index contributed by atoms with van der Waals surface area (Å²) in [6.45, 7) is 3.44. The number of rotatable bonds is 6. The standard InChI is InChI=1S/C18H17F2NO3S/c1-11-3-5-14(7-12(11)2)25-10-18(23)24-9-17(22)21-16-6-4-13(19)8-15(16)20/h3-8H,9-10H2,1-2H3,(H,21,22). The maximum absolute atomic E-state index is 13.4. The van der Waals surface area contributed by atoms with Crippen molar-refractivity contribution in [3.8, 4) is 0 Å². The van der Waals surface area contributed by atoms with Crippen LogP contribution in [0.1, 0.15) is 11.1 Å². The average Bonchev–Trinajstić information content (AvgIpc) is 2.56. The Morgan fingerprint density at radius 1 is 1.08 bits per heavy atom. The van der Waals surface area contributed by atoms with Crippen molar-refractivity contribution in [2.24, 2.45) is 0 Å². The van der Waals surface area contributed by atoms with Crippen LogP contribution < -0.4 is 5.32 Å². The zero-order valence-electron chi connectivity index (χ0n) is 13.8. The molecule has 0 atom stereocenters. The molecule has 0 saturated carbocycles. The van der Waals surface area contributed by atoms with E-state index in [2.05, 4.69) is 5.32 Å². The highest BCUT2D eigenvalue weighted by molar-refractivity contribution is 8.00. The normalized spacial score (nSPS) is 10.4. The number of halogens is 2. The first-order chi connectivity index (χ1) is 11.8. The van der Waals surface area contributed by atoms with Crippen molar-refractivity contribution in [2.45, 2.75) is 18.7 Å². The number of carbonyl (C=O) groups is 2. The van der Waals surface area contributed by atoms with E-state index in [-0.39, 0.29) is 11.4 Å². The van der Waals surface area contributed by atoms with Gasteiger partial charge >= 0.3 is 5.97 Å². The van der Waals surface area contributed by atoms with Gasteiger partial charge in [-0.1, -0.05) is 6.07 Å². The first kappa shape index (κ1) is 18.9. The minimum absolute atomic E-state index is 0.0562. The predicted octanol–water partition coefficient (Wildman–Crippen LogP) is 3.86. The van der Waals surface area contributed by atoms with Crippen LogP contribution in [0.15, 0.2) is 41.3 Å². The summed E-state index contributed by atoms with van der Waals surface area (Å²) in [5.41, 5.74) is 2.11. The van der Waals surface area contributed by atoms with Crippen molar-refractivity contribution in [3.63, 3.8) is 0 Å². The van der Waals surface area contributed by atoms with Crippen LogP contribution in [0, 0.1) is 25.5 Å². The lowest BCUT2D eigenvalue weighted by Crippen LogP contribution is -2.22. The summed E-state index contributed by atoms with van der Waals surface area (Å²) >= 11 is 1.30. The summed E-state index contributed by atoms with van der Waals surface area (Å²) in [4.78, 5) is 24.3. The van der Waals surface area contributed by atoms with Gasteiger partial charge in [0.2, 0.25) is 0 Å². The van der Waals surface area contributed by atoms with E-state index >= 15 is 0 Å². The van der Waals surface area contributed by atoms with Crippen molar-refractivity contribution in [1.82, 2.24) is 0 Å². The van der Waals surface area contributed by atoms with Crippen LogP contribution in [0.4, 0.5) is 14.5 Å². The Labute approximate surface area is 148 Å². The Morgan fingerprint density at radius 2 is 1.84 bits per heavy atom. The number of ether oxygens (including phenoxy) is 1. The largest absolute Gasteiger partial charge is 0.455 e. The lowest BCUT2D eigenvalue weighted by atomic mass is 10.1. The van der Waals surface area contributed by atoms with Gasteiger partial charge in [0.05, 0.1) is 11.4 Å². The molecular formula is C18H17F2NO3S. The molecule has 7 heteroatoms. The molecule has 1 amide bonds. The topological polar surface area (TPSA) is 55.4 Å². The quantitative estimate of drug-likeness (QED) is 0.624. The summed E-state index contributed by atoms with van der Waals surface area (Å²) in [6.07, 6.45) is 0. The molecule has 0 radical (unpaired) electrons. The van der Waals surface area contributed by atoms with Crippen molar-refractivity contribution < 1.29 is 23.1 Å². The number of hydrogen-bond acceptors (Lipinski definition) is 4. The average molecular weight is 365 g/mol. The number of esters is 1. The van der Waals surface area contributed by atoms with E-state index in [9.17, 15) is 18.4 Å². The second-order valence-corrected chi connectivity index (χ2v) is 6.42. The van der Waals surface area contributed by atoms with Crippen LogP contribution in [0.25, 0.3) is 0 Å². The maximum Gasteiger partial charge on any atom is 0.316 e. The second kappa shape index (κ2) is 8.62. The summed E-state index contributed by atoms with van der Waals surface area (Å²) < 4.78 is 31.0. The number of amides is 1. The van der Waals surface area contributed by atoms with E-state index in [1.165, 1.54) is 11.8 Å². The molecule has 0 fully saturated rings. The van der Waals surface area contributed by atoms with Gasteiger partial charge in [-0.05, 0) is 49.2 Å². The third-order valence-electron chi connectivity index (χ3n) is 3.40. The molecule has 2 aromatic carbocycles. The SMILES string of the molecule is Cc1ccc(SCC(=O)OCC(=O)Nc2ccc(F)cc2F)cc1C. The van der Waals surface area contributed by atoms with E-state index in [1.54, 1.807) is 0 Å². The number of benzene rings is 2. The highest BCUT2D eigenvalue weighted by Gasteiger charge is 2.11. The van der Waals surface area contributed by atoms with Crippen LogP contribution >= 0.6 is 11.8 Å². The fourth-order valence-corrected chi connectivity index (χ4v) is 2.70. The zero-order chi connectivity index (χ0) is 18.4. The minimum atomic E-state index is -0.898. The molecule has 0 aliphatic heterocycles. The number of nitrogens with one attached hydrogen (secondary N) is 1. The molecule has 132 valence electrons. The van der Waals surface area contributed by atoms with Crippen molar-refractivity contribution in [3.05, 3.63) is 59.2 Å². The molecule has 0 bridgehead atoms. The molecule has 4 nitrogen and oxygen atoms in total. The van der Waals surface area contributed by atoms with E-state index < -0.39 is 30.1 Å². The number of anilines is 1. The van der Waals surface area contributed by atoms with Crippen LogP contribution in [0.5, 0.6) is 0 Å². The Kier molecular flexibility index (Phi) is 6.52. The van der Waals surface area contributed by atoms with E-state index in [0.29, 0.717) is 6.07 Å². The molecule has 25 heavy (non-hydrogen) atoms. The van der Waals surface area contributed by atoms with Crippen molar-refractivity contribution in [2.75, 3.05) is 17.7 Å². The first-order valence-corrected chi connectivity index (χ1v) is 8.44. The van der Waals surface area contributed by atoms with Gasteiger partial charge in [0.15, 0.2) is 6.61 Å². The van der Waals surface area contributed by atoms with Crippen LogP contribution in [0.2, 0.25) is 0 Å². The number of aryl methyl sites for hydroxylation is 2. The molecule has 0 aliphatic carbocycles. The molecular weight excluding hydrogens is 348 g/mol. The van der Waals surface area contributed by atoms with Gasteiger partial charge in [-0.25, -0.2) is 8.78 Å². The Morgan fingerprint density at radius 3 is 2.52 bits per heavy atom. The summed E-state index contributed by atoms with van der Waals surface area (Å²) in [6, 6.07) is 8.61. The predicted molar refractivity (Wildman–Crippen MR) is 92.6 cm³/mol. The van der Waals surface area contributed by atoms with Crippen molar-refractivity contribution in [1.29, 1.82) is 0 Å². The van der Waals surface area contributed by atoms with E-state index in [1.807, 2.05) is 32.0 Å². The number of thioether (sulfide) groups is 1. The molecule has 0 heterocycles. The summed E-state index contributed by atoms with van der Waals surface area (Å²) in [7, 11) is 0. The van der Waals surface area contributed by atoms with Gasteiger partial charge in [-0.2, -0.15) is 0 Å². The molecule has 2 rings (SSSR count). The number of carbonyl (C=O) groups excluding carboxylic acids is 2. The Balaban J connectivity index is 1.77. The number of hydrogen-bond donors (Lipinski definition) is 1. The molecule has 0 aliphatic rings. The fraction of sp³-hybridized carbons (Fsp3) is 0.222. The lowest BCUT2D eigenvalue weighted by Gasteiger charge is -2.08. The molecule has 0 spiro atoms. The first-order valence-electron chi connectivity index (χ1n) is 7.45. The van der Waals surface area contributed by atoms with Crippen molar-refractivity contribution >= 4 is 29.3 Å². The Hall–Kier alpha value is -2.41. The van der Waals surface area contributed by atoms with Gasteiger partial charge in [-0.15, -0.1) is 11.8 Å². The van der Waals surface area contributed by atoms with E-state index in [4.69, 9.17) is 4.74 Å². The molecule has 0 aromatic heterocycles. The fourth-order valence-electron chi connectivity index (χ4n) is 1.91. The summed E-state index contributed by atoms with van der Waals surface area (Å²) in [5.74, 6) is -2.84.